The van der Waals surface area contributed by atoms with Gasteiger partial charge in [-0.05, 0) is 6.42 Å². The minimum atomic E-state index is -5.25. The lowest BCUT2D eigenvalue weighted by Crippen LogP contribution is -2.31. The van der Waals surface area contributed by atoms with Crippen molar-refractivity contribution in [2.45, 2.75) is 38.8 Å². The van der Waals surface area contributed by atoms with Crippen molar-refractivity contribution in [3.8, 4) is 11.5 Å². The highest BCUT2D eigenvalue weighted by atomic mass is 19.4. The number of alkyl halides is 3. The zero-order chi connectivity index (χ0) is 18.2. The maximum atomic E-state index is 12.5. The maximum absolute atomic E-state index is 12.5. The summed E-state index contributed by atoms with van der Waals surface area (Å²) in [6.45, 7) is 1.68. The van der Waals surface area contributed by atoms with Crippen molar-refractivity contribution in [3.63, 3.8) is 0 Å². The summed E-state index contributed by atoms with van der Waals surface area (Å²) in [5.41, 5.74) is -2.01. The predicted octanol–water partition coefficient (Wildman–Crippen LogP) is 2.71. The molecule has 0 spiro atoms. The summed E-state index contributed by atoms with van der Waals surface area (Å²) in [5, 5.41) is 21.8. The molecule has 0 atom stereocenters. The van der Waals surface area contributed by atoms with Gasteiger partial charge < -0.3 is 15.5 Å². The molecule has 0 saturated heterocycles. The number of hydrogen-bond donors (Lipinski definition) is 3. The molecular formula is C15H14F3NO5. The molecule has 6 nitrogen and oxygen atoms in total. The average Bonchev–Trinajstić information content (AvgIpc) is 2.49. The number of fused-ring (bicyclic) bond motifs is 1. The van der Waals surface area contributed by atoms with Crippen molar-refractivity contribution >= 4 is 23.2 Å². The van der Waals surface area contributed by atoms with Gasteiger partial charge in [-0.1, -0.05) is 13.3 Å². The van der Waals surface area contributed by atoms with Crippen LogP contribution in [-0.2, 0) is 11.2 Å². The van der Waals surface area contributed by atoms with Crippen molar-refractivity contribution in [2.75, 3.05) is 5.32 Å². The molecule has 0 radical (unpaired) electrons. The average molecular weight is 345 g/mol. The van der Waals surface area contributed by atoms with Gasteiger partial charge in [0.25, 0.3) is 0 Å². The van der Waals surface area contributed by atoms with Gasteiger partial charge in [0.15, 0.2) is 11.6 Å². The smallest absolute Gasteiger partial charge is 0.471 e. The van der Waals surface area contributed by atoms with Crippen LogP contribution in [0.1, 0.15) is 52.5 Å². The quantitative estimate of drug-likeness (QED) is 0.577. The van der Waals surface area contributed by atoms with E-state index in [1.165, 1.54) is 5.32 Å². The van der Waals surface area contributed by atoms with Crippen LogP contribution in [0.25, 0.3) is 0 Å². The highest BCUT2D eigenvalue weighted by Crippen LogP contribution is 2.45. The van der Waals surface area contributed by atoms with Gasteiger partial charge in [0, 0.05) is 18.4 Å². The number of halogens is 3. The second-order valence-corrected chi connectivity index (χ2v) is 5.35. The van der Waals surface area contributed by atoms with E-state index in [2.05, 4.69) is 0 Å². The standard InChI is InChI=1S/C15H14F3NO5/c1-2-3-6-12(22)10-8(21)5-4-7(20)9(10)11(13(6)23)19-14(24)15(16,17)18/h22-23H,2-5H2,1H3,(H,19,24). The Balaban J connectivity index is 2.74. The van der Waals surface area contributed by atoms with Crippen LogP contribution in [0.2, 0.25) is 0 Å². The molecule has 24 heavy (non-hydrogen) atoms. The fraction of sp³-hybridized carbons (Fsp3) is 0.400. The van der Waals surface area contributed by atoms with E-state index in [-0.39, 0.29) is 24.8 Å². The number of Topliss-reactive ketones (excluding diaryl/α,β-unsaturated/α-hetero) is 2. The number of rotatable bonds is 3. The fourth-order valence-electron chi connectivity index (χ4n) is 2.60. The number of carbonyl (C=O) groups excluding carboxylic acids is 3. The van der Waals surface area contributed by atoms with Gasteiger partial charge in [-0.25, -0.2) is 0 Å². The number of phenolic OH excluding ortho intramolecular Hbond substituents is 2. The summed E-state index contributed by atoms with van der Waals surface area (Å²) in [6.07, 6.45) is -5.30. The molecule has 0 unspecified atom stereocenters. The Labute approximate surface area is 134 Å². The minimum absolute atomic E-state index is 0.0430. The SMILES string of the molecule is CCCc1c(O)c(NC(=O)C(F)(F)F)c2c(c1O)C(=O)CCC2=O. The van der Waals surface area contributed by atoms with Crippen molar-refractivity contribution in [2.24, 2.45) is 0 Å². The lowest BCUT2D eigenvalue weighted by Gasteiger charge is -2.23. The Morgan fingerprint density at radius 2 is 1.62 bits per heavy atom. The van der Waals surface area contributed by atoms with Crippen LogP contribution in [0.3, 0.4) is 0 Å². The first kappa shape index (κ1) is 17.8. The Morgan fingerprint density at radius 3 is 2.12 bits per heavy atom. The maximum Gasteiger partial charge on any atom is 0.471 e. The van der Waals surface area contributed by atoms with Crippen molar-refractivity contribution in [1.29, 1.82) is 0 Å². The number of anilines is 1. The second kappa shape index (κ2) is 6.14. The Bertz CT molecular complexity index is 740. The lowest BCUT2D eigenvalue weighted by atomic mass is 9.84. The summed E-state index contributed by atoms with van der Waals surface area (Å²) in [6, 6.07) is 0. The van der Waals surface area contributed by atoms with Gasteiger partial charge in [-0.2, -0.15) is 13.2 Å². The molecule has 130 valence electrons. The molecule has 1 aromatic rings. The largest absolute Gasteiger partial charge is 0.507 e. The second-order valence-electron chi connectivity index (χ2n) is 5.35. The third-order valence-corrected chi connectivity index (χ3v) is 3.68. The third-order valence-electron chi connectivity index (χ3n) is 3.68. The summed E-state index contributed by atoms with van der Waals surface area (Å²) in [4.78, 5) is 35.3. The van der Waals surface area contributed by atoms with E-state index in [9.17, 15) is 37.8 Å². The molecule has 3 N–H and O–H groups in total. The molecule has 9 heteroatoms. The van der Waals surface area contributed by atoms with Gasteiger partial charge >= 0.3 is 12.1 Å². The summed E-state index contributed by atoms with van der Waals surface area (Å²) in [5.74, 6) is -5.24. The van der Waals surface area contributed by atoms with E-state index >= 15 is 0 Å². The molecular weight excluding hydrogens is 331 g/mol. The van der Waals surface area contributed by atoms with Crippen LogP contribution in [0.4, 0.5) is 18.9 Å². The molecule has 1 aliphatic carbocycles. The highest BCUT2D eigenvalue weighted by Gasteiger charge is 2.41. The van der Waals surface area contributed by atoms with Crippen LogP contribution >= 0.6 is 0 Å². The van der Waals surface area contributed by atoms with Crippen LogP contribution in [0, 0.1) is 0 Å². The number of phenols is 2. The molecule has 0 fully saturated rings. The van der Waals surface area contributed by atoms with Gasteiger partial charge in [-0.15, -0.1) is 0 Å². The first-order valence-electron chi connectivity index (χ1n) is 7.14. The molecule has 0 bridgehead atoms. The fourth-order valence-corrected chi connectivity index (χ4v) is 2.60. The number of nitrogens with one attached hydrogen (secondary N) is 1. The van der Waals surface area contributed by atoms with Crippen LogP contribution in [0.15, 0.2) is 0 Å². The van der Waals surface area contributed by atoms with Crippen molar-refractivity contribution < 1.29 is 37.8 Å². The van der Waals surface area contributed by atoms with E-state index in [4.69, 9.17) is 0 Å². The van der Waals surface area contributed by atoms with Crippen molar-refractivity contribution in [3.05, 3.63) is 16.7 Å². The Kier molecular flexibility index (Phi) is 4.54. The first-order chi connectivity index (χ1) is 11.1. The van der Waals surface area contributed by atoms with Crippen LogP contribution in [0.5, 0.6) is 11.5 Å². The number of amides is 1. The van der Waals surface area contributed by atoms with Gasteiger partial charge in [0.05, 0.1) is 16.8 Å². The van der Waals surface area contributed by atoms with E-state index < -0.39 is 52.0 Å². The molecule has 0 heterocycles. The zero-order valence-electron chi connectivity index (χ0n) is 12.6. The monoisotopic (exact) mass is 345 g/mol. The summed E-state index contributed by atoms with van der Waals surface area (Å²) in [7, 11) is 0. The molecule has 1 amide bonds. The van der Waals surface area contributed by atoms with Crippen LogP contribution < -0.4 is 5.32 Å². The van der Waals surface area contributed by atoms with E-state index in [0.717, 1.165) is 0 Å². The third kappa shape index (κ3) is 2.93. The number of benzene rings is 1. The molecule has 0 aliphatic heterocycles. The molecule has 2 rings (SSSR count). The predicted molar refractivity (Wildman–Crippen MR) is 76.3 cm³/mol. The molecule has 1 aromatic carbocycles. The molecule has 1 aliphatic rings. The minimum Gasteiger partial charge on any atom is -0.507 e. The number of carbonyl (C=O) groups is 3. The number of aromatic hydroxyl groups is 2. The Morgan fingerprint density at radius 1 is 1.08 bits per heavy atom. The van der Waals surface area contributed by atoms with Crippen molar-refractivity contribution in [1.82, 2.24) is 0 Å². The van der Waals surface area contributed by atoms with Crippen LogP contribution in [-0.4, -0.2) is 33.9 Å². The van der Waals surface area contributed by atoms with E-state index in [1.54, 1.807) is 6.92 Å². The van der Waals surface area contributed by atoms with Gasteiger partial charge in [0.2, 0.25) is 0 Å². The van der Waals surface area contributed by atoms with Gasteiger partial charge in [-0.3, -0.25) is 14.4 Å². The topological polar surface area (TPSA) is 104 Å². The van der Waals surface area contributed by atoms with Gasteiger partial charge in [0.1, 0.15) is 11.5 Å². The van der Waals surface area contributed by atoms with E-state index in [1.807, 2.05) is 0 Å². The lowest BCUT2D eigenvalue weighted by molar-refractivity contribution is -0.167. The molecule has 0 aromatic heterocycles. The zero-order valence-corrected chi connectivity index (χ0v) is 12.6. The Hall–Kier alpha value is -2.58. The first-order valence-corrected chi connectivity index (χ1v) is 7.14. The van der Waals surface area contributed by atoms with E-state index in [0.29, 0.717) is 6.42 Å². The summed E-state index contributed by atoms with van der Waals surface area (Å²) >= 11 is 0. The summed E-state index contributed by atoms with van der Waals surface area (Å²) < 4.78 is 37.5. The normalized spacial score (nSPS) is 14.5. The number of ketones is 2. The number of hydrogen-bond acceptors (Lipinski definition) is 5. The molecule has 0 saturated carbocycles. The highest BCUT2D eigenvalue weighted by molar-refractivity contribution is 6.20.